The number of fused-ring (bicyclic) bond motifs is 1. The van der Waals surface area contributed by atoms with E-state index in [2.05, 4.69) is 20.2 Å². The number of amides is 1. The molecule has 8 heteroatoms. The molecule has 146 valence electrons. The van der Waals surface area contributed by atoms with Gasteiger partial charge in [0.25, 0.3) is 5.91 Å². The maximum absolute atomic E-state index is 12.8. The molecule has 0 unspecified atom stereocenters. The van der Waals surface area contributed by atoms with Crippen LogP contribution >= 0.6 is 11.3 Å². The molecule has 3 aromatic heterocycles. The zero-order valence-corrected chi connectivity index (χ0v) is 16.6. The van der Waals surface area contributed by atoms with Crippen LogP contribution in [0.4, 0.5) is 11.4 Å². The van der Waals surface area contributed by atoms with Crippen molar-refractivity contribution in [2.45, 2.75) is 26.0 Å². The fraction of sp³-hybridized carbons (Fsp3) is 0.350. The third-order valence-corrected chi connectivity index (χ3v) is 6.08. The maximum atomic E-state index is 12.8. The fourth-order valence-corrected chi connectivity index (χ4v) is 4.49. The summed E-state index contributed by atoms with van der Waals surface area (Å²) in [6, 6.07) is 7.15. The van der Waals surface area contributed by atoms with Gasteiger partial charge in [-0.25, -0.2) is 4.98 Å². The second-order valence-corrected chi connectivity index (χ2v) is 8.61. The van der Waals surface area contributed by atoms with Crippen molar-refractivity contribution in [3.05, 3.63) is 47.2 Å². The highest BCUT2D eigenvalue weighted by Crippen LogP contribution is 2.30. The van der Waals surface area contributed by atoms with Crippen molar-refractivity contribution < 1.29 is 9.90 Å². The molecule has 0 saturated carbocycles. The Labute approximate surface area is 167 Å². The number of aliphatic hydroxyl groups excluding tert-OH is 1. The number of hydrogen-bond donors (Lipinski definition) is 3. The first-order chi connectivity index (χ1) is 13.4. The van der Waals surface area contributed by atoms with Crippen molar-refractivity contribution in [2.24, 2.45) is 11.7 Å². The predicted octanol–water partition coefficient (Wildman–Crippen LogP) is 2.40. The molecule has 1 amide bonds. The highest BCUT2D eigenvalue weighted by molar-refractivity contribution is 7.18. The monoisotopic (exact) mass is 397 g/mol. The van der Waals surface area contributed by atoms with Crippen LogP contribution in [0, 0.1) is 12.8 Å². The molecule has 3 aromatic rings. The van der Waals surface area contributed by atoms with Gasteiger partial charge in [0.05, 0.1) is 33.9 Å². The number of aromatic nitrogens is 2. The highest BCUT2D eigenvalue weighted by atomic mass is 32.1. The van der Waals surface area contributed by atoms with E-state index in [1.165, 1.54) is 0 Å². The topological polar surface area (TPSA) is 104 Å². The Morgan fingerprint density at radius 2 is 2.18 bits per heavy atom. The van der Waals surface area contributed by atoms with Gasteiger partial charge in [-0.3, -0.25) is 9.78 Å². The highest BCUT2D eigenvalue weighted by Gasteiger charge is 2.32. The van der Waals surface area contributed by atoms with Crippen molar-refractivity contribution in [3.63, 3.8) is 0 Å². The van der Waals surface area contributed by atoms with Gasteiger partial charge in [-0.05, 0) is 31.2 Å². The van der Waals surface area contributed by atoms with Crippen molar-refractivity contribution >= 4 is 38.8 Å². The second-order valence-electron chi connectivity index (χ2n) is 7.32. The van der Waals surface area contributed by atoms with Crippen molar-refractivity contribution in [1.82, 2.24) is 9.97 Å². The molecular weight excluding hydrogens is 374 g/mol. The lowest BCUT2D eigenvalue weighted by molar-refractivity contribution is 0.0785. The van der Waals surface area contributed by atoms with Gasteiger partial charge < -0.3 is 21.1 Å². The molecule has 0 aliphatic carbocycles. The molecule has 4 heterocycles. The molecule has 3 atom stereocenters. The first-order valence-corrected chi connectivity index (χ1v) is 10.0. The third-order valence-electron chi connectivity index (χ3n) is 5.08. The number of nitrogens with one attached hydrogen (secondary N) is 1. The number of carbonyl (C=O) groups is 1. The van der Waals surface area contributed by atoms with E-state index in [1.54, 1.807) is 29.8 Å². The number of hydrogen-bond acceptors (Lipinski definition) is 7. The quantitative estimate of drug-likeness (QED) is 0.627. The second kappa shape index (κ2) is 7.46. The van der Waals surface area contributed by atoms with Gasteiger partial charge in [0.1, 0.15) is 5.69 Å². The molecule has 1 aliphatic heterocycles. The van der Waals surface area contributed by atoms with Crippen LogP contribution in [-0.4, -0.2) is 46.2 Å². The number of nitrogens with zero attached hydrogens (tertiary/aromatic N) is 3. The molecule has 1 saturated heterocycles. The number of thiophene rings is 1. The Balaban J connectivity index is 1.58. The fourth-order valence-electron chi connectivity index (χ4n) is 3.63. The van der Waals surface area contributed by atoms with E-state index in [9.17, 15) is 9.90 Å². The molecule has 1 aliphatic rings. The summed E-state index contributed by atoms with van der Waals surface area (Å²) in [5.41, 5.74) is 8.72. The molecule has 1 fully saturated rings. The minimum atomic E-state index is -0.527. The number of rotatable bonds is 3. The van der Waals surface area contributed by atoms with E-state index < -0.39 is 6.10 Å². The van der Waals surface area contributed by atoms with Gasteiger partial charge in [0.2, 0.25) is 0 Å². The van der Waals surface area contributed by atoms with E-state index >= 15 is 0 Å². The number of nitrogens with two attached hydrogens (primary N) is 1. The Morgan fingerprint density at radius 1 is 1.36 bits per heavy atom. The van der Waals surface area contributed by atoms with Crippen LogP contribution in [-0.2, 0) is 0 Å². The average molecular weight is 398 g/mol. The SMILES string of the molecule is Cc1cc2nc(C(=O)Nc3cnccc3N3C[C@@H](N)[C@H](O)[C@@H](C)C3)ccc2s1. The van der Waals surface area contributed by atoms with E-state index in [1.807, 2.05) is 32.0 Å². The van der Waals surface area contributed by atoms with Crippen LogP contribution in [0.5, 0.6) is 0 Å². The Hall–Kier alpha value is -2.55. The smallest absolute Gasteiger partial charge is 0.274 e. The van der Waals surface area contributed by atoms with Crippen molar-refractivity contribution in [3.8, 4) is 0 Å². The minimum absolute atomic E-state index is 0.0337. The lowest BCUT2D eigenvalue weighted by Gasteiger charge is -2.40. The number of anilines is 2. The van der Waals surface area contributed by atoms with Gasteiger partial charge >= 0.3 is 0 Å². The number of aliphatic hydroxyl groups is 1. The maximum Gasteiger partial charge on any atom is 0.274 e. The molecule has 4 N–H and O–H groups in total. The summed E-state index contributed by atoms with van der Waals surface area (Å²) in [5, 5.41) is 13.1. The standard InChI is InChI=1S/C20H23N5O2S/c1-11-9-25(10-13(21)19(11)26)17-5-6-22-8-16(17)24-20(27)14-3-4-18-15(23-14)7-12(2)28-18/h3-8,11,13,19,26H,9-10,21H2,1-2H3,(H,24,27)/t11-,13+,19+/m0/s1. The van der Waals surface area contributed by atoms with Gasteiger partial charge in [-0.2, -0.15) is 0 Å². The summed E-state index contributed by atoms with van der Waals surface area (Å²) in [6.07, 6.45) is 2.79. The zero-order chi connectivity index (χ0) is 19.8. The van der Waals surface area contributed by atoms with Gasteiger partial charge in [0.15, 0.2) is 0 Å². The number of carbonyl (C=O) groups excluding carboxylic acids is 1. The summed E-state index contributed by atoms with van der Waals surface area (Å²) >= 11 is 1.66. The lowest BCUT2D eigenvalue weighted by Crippen LogP contribution is -2.55. The summed E-state index contributed by atoms with van der Waals surface area (Å²) < 4.78 is 1.06. The minimum Gasteiger partial charge on any atom is -0.391 e. The Morgan fingerprint density at radius 3 is 2.96 bits per heavy atom. The summed E-state index contributed by atoms with van der Waals surface area (Å²) in [7, 11) is 0. The van der Waals surface area contributed by atoms with Crippen LogP contribution in [0.15, 0.2) is 36.7 Å². The largest absolute Gasteiger partial charge is 0.391 e. The van der Waals surface area contributed by atoms with Crippen LogP contribution in [0.1, 0.15) is 22.3 Å². The zero-order valence-electron chi connectivity index (χ0n) is 15.8. The van der Waals surface area contributed by atoms with Crippen LogP contribution < -0.4 is 16.0 Å². The molecule has 0 aromatic carbocycles. The van der Waals surface area contributed by atoms with Gasteiger partial charge in [0, 0.05) is 36.1 Å². The van der Waals surface area contributed by atoms with Gasteiger partial charge in [-0.1, -0.05) is 6.92 Å². The van der Waals surface area contributed by atoms with E-state index in [0.29, 0.717) is 24.5 Å². The van der Waals surface area contributed by atoms with Crippen molar-refractivity contribution in [1.29, 1.82) is 0 Å². The number of pyridine rings is 2. The Kier molecular flexibility index (Phi) is 5.01. The lowest BCUT2D eigenvalue weighted by atomic mass is 9.92. The van der Waals surface area contributed by atoms with E-state index in [-0.39, 0.29) is 17.9 Å². The average Bonchev–Trinajstić information content (AvgIpc) is 3.05. The van der Waals surface area contributed by atoms with Crippen LogP contribution in [0.25, 0.3) is 10.2 Å². The summed E-state index contributed by atoms with van der Waals surface area (Å²) in [5.74, 6) is -0.249. The molecule has 0 bridgehead atoms. The molecule has 0 radical (unpaired) electrons. The number of piperidine rings is 1. The first-order valence-electron chi connectivity index (χ1n) is 9.23. The van der Waals surface area contributed by atoms with Gasteiger partial charge in [-0.15, -0.1) is 11.3 Å². The molecule has 28 heavy (non-hydrogen) atoms. The molecular formula is C20H23N5O2S. The van der Waals surface area contributed by atoms with Crippen LogP contribution in [0.2, 0.25) is 0 Å². The first kappa shape index (κ1) is 18.8. The Bertz CT molecular complexity index is 1010. The third kappa shape index (κ3) is 3.58. The molecule has 4 rings (SSSR count). The normalized spacial score (nSPS) is 22.4. The van der Waals surface area contributed by atoms with E-state index in [0.717, 1.165) is 20.8 Å². The predicted molar refractivity (Wildman–Crippen MR) is 112 cm³/mol. The molecule has 0 spiro atoms. The number of aryl methyl sites for hydroxylation is 1. The van der Waals surface area contributed by atoms with Crippen molar-refractivity contribution in [2.75, 3.05) is 23.3 Å². The van der Waals surface area contributed by atoms with E-state index in [4.69, 9.17) is 5.73 Å². The molecule has 7 nitrogen and oxygen atoms in total. The van der Waals surface area contributed by atoms with Crippen LogP contribution in [0.3, 0.4) is 0 Å². The summed E-state index contributed by atoms with van der Waals surface area (Å²) in [4.78, 5) is 24.7. The summed E-state index contributed by atoms with van der Waals surface area (Å²) in [6.45, 7) is 5.16.